The minimum atomic E-state index is -0.410. The lowest BCUT2D eigenvalue weighted by Gasteiger charge is -2.32. The van der Waals surface area contributed by atoms with Crippen LogP contribution >= 0.6 is 11.6 Å². The number of nitrogens with one attached hydrogen (secondary N) is 1. The molecular formula is C23H18ClFN4O2. The molecule has 0 unspecified atom stereocenters. The van der Waals surface area contributed by atoms with E-state index in [0.29, 0.717) is 45.9 Å². The molecule has 0 bridgehead atoms. The highest BCUT2D eigenvalue weighted by Gasteiger charge is 2.34. The number of ketones is 1. The van der Waals surface area contributed by atoms with Crippen molar-refractivity contribution in [1.82, 2.24) is 19.9 Å². The Hall–Kier alpha value is -3.32. The summed E-state index contributed by atoms with van der Waals surface area (Å²) >= 11 is 6.01. The molecule has 6 nitrogen and oxygen atoms in total. The second kappa shape index (κ2) is 7.74. The van der Waals surface area contributed by atoms with Crippen LogP contribution in [0.1, 0.15) is 19.8 Å². The van der Waals surface area contributed by atoms with Gasteiger partial charge in [0.05, 0.1) is 16.6 Å². The third-order valence-electron chi connectivity index (χ3n) is 5.57. The van der Waals surface area contributed by atoms with Crippen molar-refractivity contribution in [2.24, 2.45) is 5.92 Å². The zero-order chi connectivity index (χ0) is 21.5. The number of benzene rings is 2. The van der Waals surface area contributed by atoms with Crippen molar-refractivity contribution < 1.29 is 13.9 Å². The topological polar surface area (TPSA) is 80.8 Å². The van der Waals surface area contributed by atoms with Crippen molar-refractivity contribution in [3.05, 3.63) is 59.6 Å². The molecule has 4 aromatic rings. The third kappa shape index (κ3) is 3.88. The first kappa shape index (κ1) is 19.6. The van der Waals surface area contributed by atoms with Crippen LogP contribution in [0.3, 0.4) is 0 Å². The molecule has 0 aliphatic heterocycles. The Labute approximate surface area is 182 Å². The van der Waals surface area contributed by atoms with E-state index in [1.165, 1.54) is 6.07 Å². The molecule has 1 aliphatic carbocycles. The third-order valence-corrected chi connectivity index (χ3v) is 5.81. The van der Waals surface area contributed by atoms with Crippen molar-refractivity contribution in [2.75, 3.05) is 0 Å². The first-order valence-electron chi connectivity index (χ1n) is 9.91. The Kier molecular flexibility index (Phi) is 4.90. The lowest BCUT2D eigenvalue weighted by atomic mass is 9.80. The highest BCUT2D eigenvalue weighted by molar-refractivity contribution is 6.31. The Bertz CT molecular complexity index is 1280. The van der Waals surface area contributed by atoms with Crippen molar-refractivity contribution in [3.63, 3.8) is 0 Å². The normalized spacial score (nSPS) is 18.0. The summed E-state index contributed by atoms with van der Waals surface area (Å²) in [5.74, 6) is 0.293. The summed E-state index contributed by atoms with van der Waals surface area (Å²) in [4.78, 5) is 27.3. The van der Waals surface area contributed by atoms with Crippen molar-refractivity contribution in [1.29, 1.82) is 0 Å². The first-order chi connectivity index (χ1) is 15.0. The van der Waals surface area contributed by atoms with E-state index in [9.17, 15) is 9.18 Å². The Morgan fingerprint density at radius 3 is 2.61 bits per heavy atom. The summed E-state index contributed by atoms with van der Waals surface area (Å²) in [5.41, 5.74) is 3.14. The molecule has 2 aromatic carbocycles. The lowest BCUT2D eigenvalue weighted by molar-refractivity contribution is -0.126. The van der Waals surface area contributed by atoms with Crippen LogP contribution in [0.25, 0.3) is 33.5 Å². The molecule has 0 atom stereocenters. The fourth-order valence-electron chi connectivity index (χ4n) is 3.67. The molecule has 2 aromatic heterocycles. The second-order valence-corrected chi connectivity index (χ2v) is 8.15. The number of hydrogen-bond donors (Lipinski definition) is 1. The Morgan fingerprint density at radius 1 is 1.13 bits per heavy atom. The van der Waals surface area contributed by atoms with E-state index in [1.807, 2.05) is 0 Å². The summed E-state index contributed by atoms with van der Waals surface area (Å²) in [5, 5.41) is 0.585. The average Bonchev–Trinajstić information content (AvgIpc) is 3.13. The predicted molar refractivity (Wildman–Crippen MR) is 115 cm³/mol. The number of fused-ring (bicyclic) bond motifs is 1. The van der Waals surface area contributed by atoms with Gasteiger partial charge < -0.3 is 9.72 Å². The number of H-pyrrole nitrogens is 1. The number of carbonyl (C=O) groups is 1. The molecule has 0 saturated heterocycles. The Morgan fingerprint density at radius 2 is 1.90 bits per heavy atom. The highest BCUT2D eigenvalue weighted by Crippen LogP contribution is 2.32. The van der Waals surface area contributed by atoms with Crippen molar-refractivity contribution in [3.8, 4) is 28.5 Å². The zero-order valence-electron chi connectivity index (χ0n) is 16.6. The molecule has 31 heavy (non-hydrogen) atoms. The molecule has 0 radical (unpaired) electrons. The van der Waals surface area contributed by atoms with Crippen LogP contribution in [-0.4, -0.2) is 31.8 Å². The maximum absolute atomic E-state index is 14.9. The molecule has 2 heterocycles. The largest absolute Gasteiger partial charge is 0.460 e. The van der Waals surface area contributed by atoms with E-state index in [-0.39, 0.29) is 23.8 Å². The smallest absolute Gasteiger partial charge is 0.316 e. The summed E-state index contributed by atoms with van der Waals surface area (Å²) in [6, 6.07) is 10.4. The van der Waals surface area contributed by atoms with Crippen LogP contribution in [0, 0.1) is 11.7 Å². The van der Waals surface area contributed by atoms with Crippen LogP contribution < -0.4 is 4.74 Å². The number of aromatic amines is 1. The molecule has 1 fully saturated rings. The maximum atomic E-state index is 14.9. The van der Waals surface area contributed by atoms with Crippen LogP contribution in [0.15, 0.2) is 48.8 Å². The number of imidazole rings is 1. The fraction of sp³-hybridized carbons (Fsp3) is 0.217. The molecule has 5 rings (SSSR count). The van der Waals surface area contributed by atoms with E-state index < -0.39 is 5.82 Å². The van der Waals surface area contributed by atoms with Crippen LogP contribution in [0.5, 0.6) is 6.01 Å². The van der Waals surface area contributed by atoms with Gasteiger partial charge in [-0.3, -0.25) is 4.79 Å². The number of carbonyl (C=O) groups excluding carboxylic acids is 1. The minimum Gasteiger partial charge on any atom is -0.460 e. The van der Waals surface area contributed by atoms with Gasteiger partial charge in [-0.25, -0.2) is 19.3 Å². The van der Waals surface area contributed by atoms with Gasteiger partial charge >= 0.3 is 6.01 Å². The summed E-state index contributed by atoms with van der Waals surface area (Å²) in [6.45, 7) is 1.60. The van der Waals surface area contributed by atoms with Crippen LogP contribution in [-0.2, 0) is 4.79 Å². The van der Waals surface area contributed by atoms with Crippen LogP contribution in [0.4, 0.5) is 4.39 Å². The van der Waals surface area contributed by atoms with E-state index >= 15 is 0 Å². The summed E-state index contributed by atoms with van der Waals surface area (Å²) < 4.78 is 20.5. The number of rotatable bonds is 5. The molecular weight excluding hydrogens is 419 g/mol. The number of nitrogens with zero attached hydrogens (tertiary/aromatic N) is 3. The van der Waals surface area contributed by atoms with Gasteiger partial charge in [-0.2, -0.15) is 0 Å². The molecule has 156 valence electrons. The zero-order valence-corrected chi connectivity index (χ0v) is 17.4. The van der Waals surface area contributed by atoms with Gasteiger partial charge in [-0.15, -0.1) is 0 Å². The maximum Gasteiger partial charge on any atom is 0.316 e. The first-order valence-corrected chi connectivity index (χ1v) is 10.3. The molecule has 8 heteroatoms. The molecule has 1 aliphatic rings. The standard InChI is InChI=1S/C23H18ClFN4O2/c1-12(30)14-6-17(7-14)31-23-26-10-15(11-27-23)13-2-4-18(19(25)8-13)22-28-20-5-3-16(24)9-21(20)29-22/h2-5,8-11,14,17H,6-7H2,1H3,(H,28,29). The van der Waals surface area contributed by atoms with Gasteiger partial charge in [-0.05, 0) is 55.7 Å². The van der Waals surface area contributed by atoms with E-state index in [2.05, 4.69) is 19.9 Å². The fourth-order valence-corrected chi connectivity index (χ4v) is 3.84. The quantitative estimate of drug-likeness (QED) is 0.463. The summed E-state index contributed by atoms with van der Waals surface area (Å²) in [6.07, 6.45) is 4.56. The minimum absolute atomic E-state index is 0.0323. The number of ether oxygens (including phenoxy) is 1. The molecule has 0 amide bonds. The number of Topliss-reactive ketones (excluding diaryl/α,β-unsaturated/α-hetero) is 1. The van der Waals surface area contributed by atoms with Gasteiger partial charge in [0.15, 0.2) is 0 Å². The van der Waals surface area contributed by atoms with Gasteiger partial charge in [0.2, 0.25) is 0 Å². The Balaban J connectivity index is 1.33. The van der Waals surface area contributed by atoms with Gasteiger partial charge in [0.25, 0.3) is 0 Å². The number of hydrogen-bond acceptors (Lipinski definition) is 5. The van der Waals surface area contributed by atoms with E-state index in [4.69, 9.17) is 16.3 Å². The van der Waals surface area contributed by atoms with E-state index in [1.54, 1.807) is 49.6 Å². The van der Waals surface area contributed by atoms with Crippen LogP contribution in [0.2, 0.25) is 5.02 Å². The average molecular weight is 437 g/mol. The number of halogens is 2. The van der Waals surface area contributed by atoms with Gasteiger partial charge in [0, 0.05) is 28.9 Å². The molecule has 0 spiro atoms. The predicted octanol–water partition coefficient (Wildman–Crippen LogP) is 5.23. The highest BCUT2D eigenvalue weighted by atomic mass is 35.5. The van der Waals surface area contributed by atoms with Crippen molar-refractivity contribution in [2.45, 2.75) is 25.9 Å². The van der Waals surface area contributed by atoms with E-state index in [0.717, 1.165) is 5.52 Å². The van der Waals surface area contributed by atoms with Gasteiger partial charge in [0.1, 0.15) is 23.5 Å². The SMILES string of the molecule is CC(=O)C1CC(Oc2ncc(-c3ccc(-c4nc5ccc(Cl)cc5[nH]4)c(F)c3)cn2)C1. The number of aromatic nitrogens is 4. The van der Waals surface area contributed by atoms with Gasteiger partial charge in [-0.1, -0.05) is 17.7 Å². The summed E-state index contributed by atoms with van der Waals surface area (Å²) in [7, 11) is 0. The second-order valence-electron chi connectivity index (χ2n) is 7.71. The monoisotopic (exact) mass is 436 g/mol. The lowest BCUT2D eigenvalue weighted by Crippen LogP contribution is -2.37. The molecule has 1 N–H and O–H groups in total. The molecule has 1 saturated carbocycles. The van der Waals surface area contributed by atoms with Crippen molar-refractivity contribution >= 4 is 28.4 Å².